The van der Waals surface area contributed by atoms with Crippen molar-refractivity contribution in [2.45, 2.75) is 69.6 Å². The Labute approximate surface area is 98.6 Å². The Morgan fingerprint density at radius 3 is 2.81 bits per heavy atom. The van der Waals surface area contributed by atoms with Crippen molar-refractivity contribution in [2.75, 3.05) is 13.2 Å². The third kappa shape index (κ3) is 2.96. The van der Waals surface area contributed by atoms with Gasteiger partial charge in [0.25, 0.3) is 0 Å². The van der Waals surface area contributed by atoms with Crippen LogP contribution in [-0.2, 0) is 4.74 Å². The van der Waals surface area contributed by atoms with Gasteiger partial charge in [0.05, 0.1) is 11.7 Å². The molecule has 94 valence electrons. The highest BCUT2D eigenvalue weighted by Gasteiger charge is 2.41. The van der Waals surface area contributed by atoms with E-state index in [0.29, 0.717) is 12.1 Å². The van der Waals surface area contributed by atoms with Crippen molar-refractivity contribution in [1.29, 1.82) is 0 Å². The zero-order valence-corrected chi connectivity index (χ0v) is 10.4. The first-order chi connectivity index (χ1) is 7.74. The third-order valence-corrected chi connectivity index (χ3v) is 4.11. The molecule has 0 amide bonds. The van der Waals surface area contributed by atoms with Gasteiger partial charge in [0.1, 0.15) is 0 Å². The summed E-state index contributed by atoms with van der Waals surface area (Å²) < 4.78 is 6.21. The summed E-state index contributed by atoms with van der Waals surface area (Å²) in [7, 11) is 0. The molecule has 1 heterocycles. The Kier molecular flexibility index (Phi) is 4.22. The summed E-state index contributed by atoms with van der Waals surface area (Å²) in [5.41, 5.74) is 0.257. The number of aliphatic hydroxyl groups excluding tert-OH is 1. The van der Waals surface area contributed by atoms with Crippen LogP contribution in [0.15, 0.2) is 0 Å². The Bertz CT molecular complexity index is 214. The fourth-order valence-electron chi connectivity index (χ4n) is 3.05. The monoisotopic (exact) mass is 227 g/mol. The molecule has 0 aromatic rings. The van der Waals surface area contributed by atoms with E-state index >= 15 is 0 Å². The highest BCUT2D eigenvalue weighted by atomic mass is 16.5. The molecule has 0 radical (unpaired) electrons. The summed E-state index contributed by atoms with van der Waals surface area (Å²) in [6.07, 6.45) is 8.94. The van der Waals surface area contributed by atoms with Crippen LogP contribution < -0.4 is 5.32 Å². The second-order valence-corrected chi connectivity index (χ2v) is 5.49. The van der Waals surface area contributed by atoms with Crippen molar-refractivity contribution < 1.29 is 9.84 Å². The van der Waals surface area contributed by atoms with Gasteiger partial charge in [0.2, 0.25) is 0 Å². The van der Waals surface area contributed by atoms with E-state index in [-0.39, 0.29) is 12.2 Å². The van der Waals surface area contributed by atoms with Crippen LogP contribution in [0, 0.1) is 0 Å². The van der Waals surface area contributed by atoms with Gasteiger partial charge in [-0.05, 0) is 39.0 Å². The SMILES string of the molecule is CC(CCO)NCC1CCC2(CCCC2)O1. The van der Waals surface area contributed by atoms with Crippen molar-refractivity contribution >= 4 is 0 Å². The second kappa shape index (κ2) is 5.48. The Morgan fingerprint density at radius 2 is 2.12 bits per heavy atom. The topological polar surface area (TPSA) is 41.5 Å². The summed E-state index contributed by atoms with van der Waals surface area (Å²) in [5.74, 6) is 0. The first-order valence-corrected chi connectivity index (χ1v) is 6.76. The van der Waals surface area contributed by atoms with E-state index < -0.39 is 0 Å². The molecular weight excluding hydrogens is 202 g/mol. The van der Waals surface area contributed by atoms with Gasteiger partial charge in [-0.1, -0.05) is 12.8 Å². The summed E-state index contributed by atoms with van der Waals surface area (Å²) in [6.45, 7) is 3.34. The van der Waals surface area contributed by atoms with Crippen molar-refractivity contribution in [1.82, 2.24) is 5.32 Å². The van der Waals surface area contributed by atoms with Gasteiger partial charge in [-0.3, -0.25) is 0 Å². The first kappa shape index (κ1) is 12.3. The van der Waals surface area contributed by atoms with Gasteiger partial charge < -0.3 is 15.2 Å². The molecule has 0 aromatic carbocycles. The summed E-state index contributed by atoms with van der Waals surface area (Å²) in [5, 5.41) is 12.3. The van der Waals surface area contributed by atoms with Gasteiger partial charge in [0.15, 0.2) is 0 Å². The Morgan fingerprint density at radius 1 is 1.38 bits per heavy atom. The minimum atomic E-state index is 0.257. The second-order valence-electron chi connectivity index (χ2n) is 5.49. The Hall–Kier alpha value is -0.120. The van der Waals surface area contributed by atoms with Gasteiger partial charge >= 0.3 is 0 Å². The molecule has 2 unspecified atom stereocenters. The predicted octanol–water partition coefficient (Wildman–Crippen LogP) is 1.84. The molecule has 1 saturated heterocycles. The lowest BCUT2D eigenvalue weighted by molar-refractivity contribution is -0.0359. The number of ether oxygens (including phenoxy) is 1. The lowest BCUT2D eigenvalue weighted by atomic mass is 9.98. The molecule has 1 spiro atoms. The van der Waals surface area contributed by atoms with E-state index in [4.69, 9.17) is 9.84 Å². The molecule has 2 fully saturated rings. The van der Waals surface area contributed by atoms with Crippen LogP contribution in [0.2, 0.25) is 0 Å². The molecular formula is C13H25NO2. The average Bonchev–Trinajstić information content (AvgIpc) is 2.88. The summed E-state index contributed by atoms with van der Waals surface area (Å²) in [4.78, 5) is 0. The molecule has 2 atom stereocenters. The van der Waals surface area contributed by atoms with Gasteiger partial charge in [-0.25, -0.2) is 0 Å². The quantitative estimate of drug-likeness (QED) is 0.753. The molecule has 16 heavy (non-hydrogen) atoms. The number of hydrogen-bond acceptors (Lipinski definition) is 3. The van der Waals surface area contributed by atoms with Crippen molar-refractivity contribution in [3.05, 3.63) is 0 Å². The molecule has 1 aliphatic heterocycles. The average molecular weight is 227 g/mol. The van der Waals surface area contributed by atoms with Crippen molar-refractivity contribution in [3.63, 3.8) is 0 Å². The van der Waals surface area contributed by atoms with Crippen LogP contribution in [0.25, 0.3) is 0 Å². The first-order valence-electron chi connectivity index (χ1n) is 6.76. The van der Waals surface area contributed by atoms with Gasteiger partial charge in [-0.2, -0.15) is 0 Å². The lowest BCUT2D eigenvalue weighted by Crippen LogP contribution is -2.35. The fraction of sp³-hybridized carbons (Fsp3) is 1.00. The minimum Gasteiger partial charge on any atom is -0.396 e. The molecule has 2 N–H and O–H groups in total. The van der Waals surface area contributed by atoms with Crippen LogP contribution in [0.4, 0.5) is 0 Å². The lowest BCUT2D eigenvalue weighted by Gasteiger charge is -2.24. The van der Waals surface area contributed by atoms with Crippen molar-refractivity contribution in [3.8, 4) is 0 Å². The predicted molar refractivity (Wildman–Crippen MR) is 64.5 cm³/mol. The van der Waals surface area contributed by atoms with Gasteiger partial charge in [-0.15, -0.1) is 0 Å². The van der Waals surface area contributed by atoms with Gasteiger partial charge in [0, 0.05) is 19.2 Å². The molecule has 0 bridgehead atoms. The summed E-state index contributed by atoms with van der Waals surface area (Å²) >= 11 is 0. The Balaban J connectivity index is 1.68. The van der Waals surface area contributed by atoms with E-state index in [2.05, 4.69) is 12.2 Å². The van der Waals surface area contributed by atoms with Crippen LogP contribution in [0.5, 0.6) is 0 Å². The summed E-state index contributed by atoms with van der Waals surface area (Å²) in [6, 6.07) is 0.397. The van der Waals surface area contributed by atoms with E-state index in [1.165, 1.54) is 38.5 Å². The largest absolute Gasteiger partial charge is 0.396 e. The maximum absolute atomic E-state index is 8.82. The molecule has 1 aliphatic carbocycles. The van der Waals surface area contributed by atoms with Crippen LogP contribution in [0.1, 0.15) is 51.9 Å². The van der Waals surface area contributed by atoms with Crippen molar-refractivity contribution in [2.24, 2.45) is 0 Å². The maximum atomic E-state index is 8.82. The highest BCUT2D eigenvalue weighted by molar-refractivity contribution is 4.93. The fourth-order valence-corrected chi connectivity index (χ4v) is 3.05. The van der Waals surface area contributed by atoms with E-state index in [9.17, 15) is 0 Å². The smallest absolute Gasteiger partial charge is 0.0708 e. The van der Waals surface area contributed by atoms with E-state index in [0.717, 1.165) is 13.0 Å². The minimum absolute atomic E-state index is 0.257. The van der Waals surface area contributed by atoms with Crippen LogP contribution in [0.3, 0.4) is 0 Å². The molecule has 0 aromatic heterocycles. The number of nitrogens with one attached hydrogen (secondary N) is 1. The normalized spacial score (nSPS) is 30.0. The van der Waals surface area contributed by atoms with Crippen LogP contribution >= 0.6 is 0 Å². The molecule has 3 nitrogen and oxygen atoms in total. The third-order valence-electron chi connectivity index (χ3n) is 4.11. The van der Waals surface area contributed by atoms with E-state index in [1.54, 1.807) is 0 Å². The molecule has 2 rings (SSSR count). The molecule has 3 heteroatoms. The zero-order valence-electron chi connectivity index (χ0n) is 10.4. The number of rotatable bonds is 5. The number of aliphatic hydroxyl groups is 1. The number of hydrogen-bond donors (Lipinski definition) is 2. The van der Waals surface area contributed by atoms with E-state index in [1.807, 2.05) is 0 Å². The zero-order chi connectivity index (χ0) is 11.4. The standard InChI is InChI=1S/C13H25NO2/c1-11(5-9-15)14-10-12-4-8-13(16-12)6-2-3-7-13/h11-12,14-15H,2-10H2,1H3. The molecule has 2 aliphatic rings. The highest BCUT2D eigenvalue weighted by Crippen LogP contribution is 2.43. The maximum Gasteiger partial charge on any atom is 0.0708 e. The van der Waals surface area contributed by atoms with Crippen LogP contribution in [-0.4, -0.2) is 36.0 Å². The molecule has 1 saturated carbocycles.